The summed E-state index contributed by atoms with van der Waals surface area (Å²) >= 11 is 1.57. The maximum absolute atomic E-state index is 13.1. The first kappa shape index (κ1) is 11.2. The van der Waals surface area contributed by atoms with E-state index in [0.717, 1.165) is 16.3 Å². The summed E-state index contributed by atoms with van der Waals surface area (Å²) in [6.07, 6.45) is 0. The first-order chi connectivity index (χ1) is 7.70. The third kappa shape index (κ3) is 2.28. The molecule has 2 aromatic rings. The van der Waals surface area contributed by atoms with Crippen LogP contribution < -0.4 is 5.73 Å². The van der Waals surface area contributed by atoms with E-state index in [-0.39, 0.29) is 11.7 Å². The van der Waals surface area contributed by atoms with E-state index in [9.17, 15) is 4.39 Å². The number of hydrogen-bond donors (Lipinski definition) is 1. The normalized spacial score (nSPS) is 12.7. The van der Waals surface area contributed by atoms with E-state index in [1.165, 1.54) is 12.1 Å². The Morgan fingerprint density at radius 3 is 2.88 bits per heavy atom. The molecule has 2 rings (SSSR count). The lowest BCUT2D eigenvalue weighted by Crippen LogP contribution is -2.13. The lowest BCUT2D eigenvalue weighted by atomic mass is 10.00. The fourth-order valence-corrected chi connectivity index (χ4v) is 2.57. The van der Waals surface area contributed by atoms with E-state index >= 15 is 0 Å². The Morgan fingerprint density at radius 1 is 1.50 bits per heavy atom. The second kappa shape index (κ2) is 4.72. The number of nitrogens with zero attached hydrogens (tertiary/aromatic N) is 1. The van der Waals surface area contributed by atoms with Crippen LogP contribution in [0, 0.1) is 12.7 Å². The van der Waals surface area contributed by atoms with E-state index in [0.29, 0.717) is 6.54 Å². The summed E-state index contributed by atoms with van der Waals surface area (Å²) in [5.41, 5.74) is 7.61. The summed E-state index contributed by atoms with van der Waals surface area (Å²) in [6.45, 7) is 2.38. The summed E-state index contributed by atoms with van der Waals surface area (Å²) in [5, 5.41) is 2.93. The minimum absolute atomic E-state index is 0.00519. The highest BCUT2D eigenvalue weighted by Crippen LogP contribution is 2.26. The van der Waals surface area contributed by atoms with Crippen molar-refractivity contribution in [3.8, 4) is 0 Å². The van der Waals surface area contributed by atoms with Gasteiger partial charge < -0.3 is 5.73 Å². The number of nitrogens with two attached hydrogens (primary N) is 1. The lowest BCUT2D eigenvalue weighted by Gasteiger charge is -2.12. The largest absolute Gasteiger partial charge is 0.329 e. The molecule has 0 aliphatic heterocycles. The van der Waals surface area contributed by atoms with Gasteiger partial charge in [-0.1, -0.05) is 12.1 Å². The third-order valence-corrected chi connectivity index (χ3v) is 3.50. The summed E-state index contributed by atoms with van der Waals surface area (Å²) < 4.78 is 13.1. The molecule has 0 radical (unpaired) electrons. The van der Waals surface area contributed by atoms with Gasteiger partial charge in [-0.05, 0) is 24.6 Å². The lowest BCUT2D eigenvalue weighted by molar-refractivity contribution is 0.623. The molecule has 1 heterocycles. The molecule has 2 nitrogen and oxygen atoms in total. The van der Waals surface area contributed by atoms with Crippen LogP contribution >= 0.6 is 11.3 Å². The third-order valence-electron chi connectivity index (χ3n) is 2.42. The molecule has 1 atom stereocenters. The van der Waals surface area contributed by atoms with Crippen LogP contribution in [0.3, 0.4) is 0 Å². The molecule has 2 N–H and O–H groups in total. The Morgan fingerprint density at radius 2 is 2.31 bits per heavy atom. The first-order valence-corrected chi connectivity index (χ1v) is 5.96. The highest BCUT2D eigenvalue weighted by atomic mass is 32.1. The van der Waals surface area contributed by atoms with E-state index in [4.69, 9.17) is 5.73 Å². The molecule has 1 unspecified atom stereocenters. The zero-order chi connectivity index (χ0) is 11.5. The van der Waals surface area contributed by atoms with Crippen molar-refractivity contribution in [2.45, 2.75) is 12.8 Å². The summed E-state index contributed by atoms with van der Waals surface area (Å²) in [4.78, 5) is 4.40. The maximum Gasteiger partial charge on any atom is 0.123 e. The Hall–Kier alpha value is -1.26. The Bertz CT molecular complexity index is 481. The van der Waals surface area contributed by atoms with Gasteiger partial charge in [0, 0.05) is 23.5 Å². The topological polar surface area (TPSA) is 38.9 Å². The van der Waals surface area contributed by atoms with Crippen molar-refractivity contribution in [2.24, 2.45) is 5.73 Å². The minimum Gasteiger partial charge on any atom is -0.329 e. The smallest absolute Gasteiger partial charge is 0.123 e. The quantitative estimate of drug-likeness (QED) is 0.889. The molecule has 0 aliphatic rings. The average Bonchev–Trinajstić information content (AvgIpc) is 2.66. The predicted molar refractivity (Wildman–Crippen MR) is 64.1 cm³/mol. The van der Waals surface area contributed by atoms with Crippen molar-refractivity contribution < 1.29 is 4.39 Å². The van der Waals surface area contributed by atoms with Crippen LogP contribution in [0.4, 0.5) is 4.39 Å². The minimum atomic E-state index is -0.232. The molecule has 1 aromatic heterocycles. The summed E-state index contributed by atoms with van der Waals surface area (Å²) in [5.74, 6) is -0.237. The highest BCUT2D eigenvalue weighted by molar-refractivity contribution is 7.09. The molecular weight excluding hydrogens is 223 g/mol. The molecule has 0 fully saturated rings. The average molecular weight is 236 g/mol. The van der Waals surface area contributed by atoms with Gasteiger partial charge >= 0.3 is 0 Å². The van der Waals surface area contributed by atoms with E-state index in [1.54, 1.807) is 17.4 Å². The number of hydrogen-bond acceptors (Lipinski definition) is 3. The Balaban J connectivity index is 2.36. The number of benzene rings is 1. The van der Waals surface area contributed by atoms with Crippen LogP contribution in [0.2, 0.25) is 0 Å². The number of aromatic nitrogens is 1. The summed E-state index contributed by atoms with van der Waals surface area (Å²) in [6, 6.07) is 6.55. The molecule has 1 aromatic carbocycles. The first-order valence-electron chi connectivity index (χ1n) is 5.08. The van der Waals surface area contributed by atoms with Gasteiger partial charge in [0.1, 0.15) is 10.8 Å². The van der Waals surface area contributed by atoms with Crippen LogP contribution in [-0.4, -0.2) is 11.5 Å². The molecular formula is C12H13FN2S. The SMILES string of the molecule is Cc1csc(C(CN)c2cccc(F)c2)n1. The maximum atomic E-state index is 13.1. The molecule has 0 saturated heterocycles. The van der Waals surface area contributed by atoms with E-state index in [1.807, 2.05) is 18.4 Å². The van der Waals surface area contributed by atoms with Crippen molar-refractivity contribution in [1.82, 2.24) is 4.98 Å². The van der Waals surface area contributed by atoms with Crippen LogP contribution in [-0.2, 0) is 0 Å². The second-order valence-electron chi connectivity index (χ2n) is 3.67. The van der Waals surface area contributed by atoms with Crippen molar-refractivity contribution in [2.75, 3.05) is 6.54 Å². The van der Waals surface area contributed by atoms with Gasteiger partial charge in [-0.2, -0.15) is 0 Å². The van der Waals surface area contributed by atoms with Crippen LogP contribution in [0.5, 0.6) is 0 Å². The Kier molecular flexibility index (Phi) is 3.31. The van der Waals surface area contributed by atoms with Crippen molar-refractivity contribution in [1.29, 1.82) is 0 Å². The molecule has 0 aliphatic carbocycles. The Labute approximate surface area is 97.9 Å². The molecule has 0 saturated carbocycles. The fraction of sp³-hybridized carbons (Fsp3) is 0.250. The summed E-state index contributed by atoms with van der Waals surface area (Å²) in [7, 11) is 0. The van der Waals surface area contributed by atoms with Crippen LogP contribution in [0.25, 0.3) is 0 Å². The van der Waals surface area contributed by atoms with Gasteiger partial charge in [-0.15, -0.1) is 11.3 Å². The van der Waals surface area contributed by atoms with Crippen LogP contribution in [0.1, 0.15) is 22.2 Å². The van der Waals surface area contributed by atoms with Gasteiger partial charge in [-0.25, -0.2) is 9.37 Å². The number of thiazole rings is 1. The fourth-order valence-electron chi connectivity index (χ4n) is 1.64. The number of halogens is 1. The zero-order valence-electron chi connectivity index (χ0n) is 8.98. The molecule has 0 bridgehead atoms. The monoisotopic (exact) mass is 236 g/mol. The molecule has 84 valence electrons. The zero-order valence-corrected chi connectivity index (χ0v) is 9.80. The highest BCUT2D eigenvalue weighted by Gasteiger charge is 2.16. The molecule has 0 spiro atoms. The predicted octanol–water partition coefficient (Wildman–Crippen LogP) is 2.68. The van der Waals surface area contributed by atoms with E-state index in [2.05, 4.69) is 4.98 Å². The van der Waals surface area contributed by atoms with E-state index < -0.39 is 0 Å². The van der Waals surface area contributed by atoms with Gasteiger partial charge in [0.25, 0.3) is 0 Å². The molecule has 16 heavy (non-hydrogen) atoms. The van der Waals surface area contributed by atoms with Gasteiger partial charge in [0.05, 0.1) is 0 Å². The van der Waals surface area contributed by atoms with Crippen LogP contribution in [0.15, 0.2) is 29.6 Å². The molecule has 4 heteroatoms. The van der Waals surface area contributed by atoms with Crippen molar-refractivity contribution >= 4 is 11.3 Å². The second-order valence-corrected chi connectivity index (χ2v) is 4.56. The van der Waals surface area contributed by atoms with Gasteiger partial charge in [0.15, 0.2) is 0 Å². The molecule has 0 amide bonds. The van der Waals surface area contributed by atoms with Gasteiger partial charge in [-0.3, -0.25) is 0 Å². The standard InChI is InChI=1S/C12H13FN2S/c1-8-7-16-12(15-8)11(6-14)9-3-2-4-10(13)5-9/h2-5,7,11H,6,14H2,1H3. The van der Waals surface area contributed by atoms with Crippen molar-refractivity contribution in [3.05, 3.63) is 51.7 Å². The number of aryl methyl sites for hydroxylation is 1. The van der Waals surface area contributed by atoms with Gasteiger partial charge in [0.2, 0.25) is 0 Å². The number of rotatable bonds is 3. The van der Waals surface area contributed by atoms with Crippen molar-refractivity contribution in [3.63, 3.8) is 0 Å².